The minimum Gasteiger partial charge on any atom is -0.298 e. The van der Waals surface area contributed by atoms with E-state index in [1.54, 1.807) is 11.8 Å². The number of halogens is 1. The average Bonchev–Trinajstić information content (AvgIpc) is 2.17. The minimum absolute atomic E-state index is 0.153. The van der Waals surface area contributed by atoms with E-state index >= 15 is 0 Å². The van der Waals surface area contributed by atoms with Gasteiger partial charge in [-0.05, 0) is 17.7 Å². The Morgan fingerprint density at radius 2 is 2.20 bits per heavy atom. The van der Waals surface area contributed by atoms with Crippen LogP contribution in [0.2, 0.25) is 0 Å². The molecule has 0 aliphatic rings. The van der Waals surface area contributed by atoms with Crippen LogP contribution in [0.5, 0.6) is 0 Å². The molecule has 15 heavy (non-hydrogen) atoms. The maximum absolute atomic E-state index is 11.4. The Morgan fingerprint density at radius 3 is 2.80 bits per heavy atom. The number of Topliss-reactive ketones (excluding diaryl/α,β-unsaturated/α-hetero) is 1. The van der Waals surface area contributed by atoms with E-state index in [-0.39, 0.29) is 5.92 Å². The van der Waals surface area contributed by atoms with E-state index in [4.69, 9.17) is 0 Å². The van der Waals surface area contributed by atoms with Gasteiger partial charge in [-0.2, -0.15) is 0 Å². The first kappa shape index (κ1) is 12.8. The monoisotopic (exact) mass is 286 g/mol. The van der Waals surface area contributed by atoms with Crippen molar-refractivity contribution >= 4 is 33.5 Å². The summed E-state index contributed by atoms with van der Waals surface area (Å²) in [6.07, 6.45) is 0. The van der Waals surface area contributed by atoms with Crippen LogP contribution in [-0.4, -0.2) is 11.5 Å². The Balaban J connectivity index is 2.35. The Hall–Kier alpha value is -0.280. The molecule has 0 bridgehead atoms. The van der Waals surface area contributed by atoms with Gasteiger partial charge in [-0.3, -0.25) is 4.79 Å². The molecule has 0 atom stereocenters. The van der Waals surface area contributed by atoms with E-state index in [0.717, 1.165) is 10.2 Å². The van der Waals surface area contributed by atoms with Gasteiger partial charge in [0.1, 0.15) is 5.78 Å². The summed E-state index contributed by atoms with van der Waals surface area (Å²) >= 11 is 5.11. The van der Waals surface area contributed by atoms with Crippen LogP contribution in [-0.2, 0) is 10.5 Å². The highest BCUT2D eigenvalue weighted by Crippen LogP contribution is 2.17. The molecular formula is C12H15BrOS. The summed E-state index contributed by atoms with van der Waals surface area (Å²) in [5, 5.41) is 0. The largest absolute Gasteiger partial charge is 0.298 e. The summed E-state index contributed by atoms with van der Waals surface area (Å²) in [6, 6.07) is 8.20. The lowest BCUT2D eigenvalue weighted by atomic mass is 10.1. The van der Waals surface area contributed by atoms with Crippen LogP contribution in [0.1, 0.15) is 19.4 Å². The lowest BCUT2D eigenvalue weighted by Gasteiger charge is -2.04. The summed E-state index contributed by atoms with van der Waals surface area (Å²) < 4.78 is 1.09. The van der Waals surface area contributed by atoms with Crippen LogP contribution in [0.25, 0.3) is 0 Å². The van der Waals surface area contributed by atoms with Gasteiger partial charge in [-0.25, -0.2) is 0 Å². The fourth-order valence-corrected chi connectivity index (χ4v) is 2.56. The Kier molecular flexibility index (Phi) is 5.40. The van der Waals surface area contributed by atoms with Crippen molar-refractivity contribution in [2.75, 3.05) is 5.75 Å². The molecule has 0 aromatic heterocycles. The van der Waals surface area contributed by atoms with Crippen LogP contribution in [0.15, 0.2) is 28.7 Å². The molecule has 1 rings (SSSR count). The second-order valence-electron chi connectivity index (χ2n) is 3.74. The summed E-state index contributed by atoms with van der Waals surface area (Å²) in [5.74, 6) is 2.00. The molecule has 0 spiro atoms. The van der Waals surface area contributed by atoms with Crippen molar-refractivity contribution in [3.63, 3.8) is 0 Å². The van der Waals surface area contributed by atoms with Gasteiger partial charge >= 0.3 is 0 Å². The van der Waals surface area contributed by atoms with Crippen LogP contribution < -0.4 is 0 Å². The SMILES string of the molecule is CC(C)C(=O)CSCc1cccc(Br)c1. The third-order valence-corrected chi connectivity index (χ3v) is 3.57. The van der Waals surface area contributed by atoms with Crippen LogP contribution >= 0.6 is 27.7 Å². The summed E-state index contributed by atoms with van der Waals surface area (Å²) in [6.45, 7) is 3.89. The van der Waals surface area contributed by atoms with Gasteiger partial charge in [-0.1, -0.05) is 41.9 Å². The molecule has 0 amide bonds. The lowest BCUT2D eigenvalue weighted by Crippen LogP contribution is -2.09. The molecular weight excluding hydrogens is 272 g/mol. The zero-order chi connectivity index (χ0) is 11.3. The summed E-state index contributed by atoms with van der Waals surface area (Å²) in [4.78, 5) is 11.4. The molecule has 0 fully saturated rings. The number of benzene rings is 1. The van der Waals surface area contributed by atoms with Crippen molar-refractivity contribution in [3.8, 4) is 0 Å². The van der Waals surface area contributed by atoms with E-state index in [2.05, 4.69) is 28.1 Å². The van der Waals surface area contributed by atoms with Crippen molar-refractivity contribution in [1.29, 1.82) is 0 Å². The molecule has 1 aromatic rings. The van der Waals surface area contributed by atoms with E-state index in [1.807, 2.05) is 26.0 Å². The van der Waals surface area contributed by atoms with Crippen molar-refractivity contribution in [3.05, 3.63) is 34.3 Å². The molecule has 3 heteroatoms. The van der Waals surface area contributed by atoms with Gasteiger partial charge in [0.2, 0.25) is 0 Å². The molecule has 0 saturated carbocycles. The molecule has 0 aliphatic heterocycles. The zero-order valence-electron chi connectivity index (χ0n) is 9.00. The molecule has 0 N–H and O–H groups in total. The fraction of sp³-hybridized carbons (Fsp3) is 0.417. The molecule has 82 valence electrons. The van der Waals surface area contributed by atoms with E-state index in [9.17, 15) is 4.79 Å². The number of thioether (sulfide) groups is 1. The number of ketones is 1. The first-order valence-corrected chi connectivity index (χ1v) is 6.89. The fourth-order valence-electron chi connectivity index (χ4n) is 1.06. The highest BCUT2D eigenvalue weighted by atomic mass is 79.9. The number of hydrogen-bond donors (Lipinski definition) is 0. The lowest BCUT2D eigenvalue weighted by molar-refractivity contribution is -0.119. The Labute approximate surface area is 104 Å². The molecule has 0 aliphatic carbocycles. The van der Waals surface area contributed by atoms with Gasteiger partial charge in [0, 0.05) is 16.1 Å². The Bertz CT molecular complexity index is 336. The van der Waals surface area contributed by atoms with Crippen LogP contribution in [0, 0.1) is 5.92 Å². The maximum Gasteiger partial charge on any atom is 0.145 e. The molecule has 0 unspecified atom stereocenters. The third-order valence-electron chi connectivity index (χ3n) is 2.05. The van der Waals surface area contributed by atoms with Crippen LogP contribution in [0.3, 0.4) is 0 Å². The zero-order valence-corrected chi connectivity index (χ0v) is 11.4. The smallest absolute Gasteiger partial charge is 0.145 e. The average molecular weight is 287 g/mol. The minimum atomic E-state index is 0.153. The Morgan fingerprint density at radius 1 is 1.47 bits per heavy atom. The van der Waals surface area contributed by atoms with Gasteiger partial charge in [0.05, 0.1) is 5.75 Å². The van der Waals surface area contributed by atoms with Crippen molar-refractivity contribution in [2.45, 2.75) is 19.6 Å². The normalized spacial score (nSPS) is 10.7. The predicted molar refractivity (Wildman–Crippen MR) is 70.1 cm³/mol. The highest BCUT2D eigenvalue weighted by molar-refractivity contribution is 9.10. The van der Waals surface area contributed by atoms with Gasteiger partial charge < -0.3 is 0 Å². The van der Waals surface area contributed by atoms with Gasteiger partial charge in [0.25, 0.3) is 0 Å². The summed E-state index contributed by atoms with van der Waals surface area (Å²) in [5.41, 5.74) is 1.26. The third kappa shape index (κ3) is 4.85. The topological polar surface area (TPSA) is 17.1 Å². The summed E-state index contributed by atoms with van der Waals surface area (Å²) in [7, 11) is 0. The van der Waals surface area contributed by atoms with Crippen molar-refractivity contribution < 1.29 is 4.79 Å². The maximum atomic E-state index is 11.4. The van der Waals surface area contributed by atoms with Crippen molar-refractivity contribution in [2.24, 2.45) is 5.92 Å². The van der Waals surface area contributed by atoms with E-state index < -0.39 is 0 Å². The molecule has 0 saturated heterocycles. The molecule has 0 radical (unpaired) electrons. The number of hydrogen-bond acceptors (Lipinski definition) is 2. The quantitative estimate of drug-likeness (QED) is 0.816. The second-order valence-corrected chi connectivity index (χ2v) is 5.65. The van der Waals surface area contributed by atoms with E-state index in [1.165, 1.54) is 5.56 Å². The van der Waals surface area contributed by atoms with Crippen molar-refractivity contribution in [1.82, 2.24) is 0 Å². The number of carbonyl (C=O) groups excluding carboxylic acids is 1. The molecule has 1 aromatic carbocycles. The second kappa shape index (κ2) is 6.33. The number of rotatable bonds is 5. The highest BCUT2D eigenvalue weighted by Gasteiger charge is 2.06. The van der Waals surface area contributed by atoms with Crippen LogP contribution in [0.4, 0.5) is 0 Å². The van der Waals surface area contributed by atoms with E-state index in [0.29, 0.717) is 11.5 Å². The standard InChI is InChI=1S/C12H15BrOS/c1-9(2)12(14)8-15-7-10-4-3-5-11(13)6-10/h3-6,9H,7-8H2,1-2H3. The molecule has 0 heterocycles. The predicted octanol–water partition coefficient (Wildman–Crippen LogP) is 3.91. The van der Waals surface area contributed by atoms with Gasteiger partial charge in [-0.15, -0.1) is 11.8 Å². The molecule has 1 nitrogen and oxygen atoms in total. The first-order chi connectivity index (χ1) is 7.09. The number of carbonyl (C=O) groups is 1. The first-order valence-electron chi connectivity index (χ1n) is 4.94. The van der Waals surface area contributed by atoms with Gasteiger partial charge in [0.15, 0.2) is 0 Å².